The summed E-state index contributed by atoms with van der Waals surface area (Å²) in [5, 5.41) is 9.80. The van der Waals surface area contributed by atoms with Crippen LogP contribution in [0.15, 0.2) is 9.90 Å². The molecule has 7 nitrogen and oxygen atoms in total. The van der Waals surface area contributed by atoms with Crippen LogP contribution in [0.3, 0.4) is 0 Å². The Labute approximate surface area is 151 Å². The molecule has 8 heteroatoms. The summed E-state index contributed by atoms with van der Waals surface area (Å²) in [6.07, 6.45) is 0. The third-order valence-corrected chi connectivity index (χ3v) is 5.03. The summed E-state index contributed by atoms with van der Waals surface area (Å²) in [6, 6.07) is 0. The van der Waals surface area contributed by atoms with Crippen molar-refractivity contribution in [1.82, 2.24) is 20.4 Å². The molecular weight excluding hydrogens is 340 g/mol. The average molecular weight is 364 g/mol. The molecule has 136 valence electrons. The molecule has 1 saturated heterocycles. The number of carbonyl (C=O) groups is 1. The minimum atomic E-state index is -0.160. The van der Waals surface area contributed by atoms with E-state index >= 15 is 0 Å². The van der Waals surface area contributed by atoms with Crippen LogP contribution in [-0.2, 0) is 17.8 Å². The average Bonchev–Trinajstić information content (AvgIpc) is 3.20. The summed E-state index contributed by atoms with van der Waals surface area (Å²) in [5.74, 6) is 0.580. The van der Waals surface area contributed by atoms with Crippen molar-refractivity contribution in [3.63, 3.8) is 0 Å². The van der Waals surface area contributed by atoms with E-state index in [4.69, 9.17) is 9.26 Å². The lowest BCUT2D eigenvalue weighted by molar-refractivity contribution is 0.0337. The minimum Gasteiger partial charge on any atom is -0.379 e. The third kappa shape index (κ3) is 4.45. The van der Waals surface area contributed by atoms with Crippen LogP contribution in [0.4, 0.5) is 0 Å². The van der Waals surface area contributed by atoms with Gasteiger partial charge in [0.2, 0.25) is 0 Å². The van der Waals surface area contributed by atoms with Gasteiger partial charge in [-0.05, 0) is 6.92 Å². The molecule has 0 spiro atoms. The molecule has 0 saturated carbocycles. The van der Waals surface area contributed by atoms with Gasteiger partial charge >= 0.3 is 0 Å². The first-order valence-corrected chi connectivity index (χ1v) is 9.40. The summed E-state index contributed by atoms with van der Waals surface area (Å²) in [7, 11) is 0. The van der Waals surface area contributed by atoms with Gasteiger partial charge in [0.15, 0.2) is 5.76 Å². The zero-order valence-electron chi connectivity index (χ0n) is 14.9. The maximum absolute atomic E-state index is 12.5. The summed E-state index contributed by atoms with van der Waals surface area (Å²) < 4.78 is 10.6. The van der Waals surface area contributed by atoms with E-state index in [1.165, 1.54) is 0 Å². The number of morpholine rings is 1. The van der Waals surface area contributed by atoms with Gasteiger partial charge < -0.3 is 14.6 Å². The molecule has 1 aliphatic rings. The number of rotatable bonds is 6. The molecule has 1 amide bonds. The zero-order chi connectivity index (χ0) is 17.8. The van der Waals surface area contributed by atoms with Crippen molar-refractivity contribution in [2.24, 2.45) is 0 Å². The fourth-order valence-corrected chi connectivity index (χ4v) is 3.52. The van der Waals surface area contributed by atoms with Gasteiger partial charge in [0.1, 0.15) is 10.6 Å². The number of aromatic nitrogens is 2. The van der Waals surface area contributed by atoms with E-state index in [2.05, 4.69) is 25.7 Å². The van der Waals surface area contributed by atoms with Gasteiger partial charge in [0.25, 0.3) is 5.91 Å². The molecule has 2 aromatic rings. The number of nitrogens with zero attached hydrogens (tertiary/aromatic N) is 3. The SMILES string of the molecule is Cc1noc(C(C)C)c1C(=O)NCc1nc(CN2CCOCC2)cs1. The van der Waals surface area contributed by atoms with Crippen molar-refractivity contribution in [2.45, 2.75) is 39.8 Å². The molecule has 0 aromatic carbocycles. The van der Waals surface area contributed by atoms with Gasteiger partial charge in [-0.2, -0.15) is 0 Å². The molecule has 0 atom stereocenters. The van der Waals surface area contributed by atoms with E-state index in [1.807, 2.05) is 13.8 Å². The number of amides is 1. The molecule has 1 N–H and O–H groups in total. The molecule has 1 fully saturated rings. The standard InChI is InChI=1S/C17H24N4O3S/c1-11(2)16-15(12(3)20-24-16)17(22)18-8-14-19-13(10-25-14)9-21-4-6-23-7-5-21/h10-11H,4-9H2,1-3H3,(H,18,22). The highest BCUT2D eigenvalue weighted by atomic mass is 32.1. The predicted molar refractivity (Wildman–Crippen MR) is 94.7 cm³/mol. The number of aryl methyl sites for hydroxylation is 1. The van der Waals surface area contributed by atoms with Gasteiger partial charge in [0.05, 0.1) is 31.1 Å². The molecule has 1 aliphatic heterocycles. The fourth-order valence-electron chi connectivity index (χ4n) is 2.79. The second-order valence-corrected chi connectivity index (χ2v) is 7.41. The second-order valence-electron chi connectivity index (χ2n) is 6.47. The Morgan fingerprint density at radius 2 is 2.16 bits per heavy atom. The quantitative estimate of drug-likeness (QED) is 0.847. The third-order valence-electron chi connectivity index (χ3n) is 4.13. The maximum atomic E-state index is 12.5. The van der Waals surface area contributed by atoms with E-state index in [1.54, 1.807) is 18.3 Å². The summed E-state index contributed by atoms with van der Waals surface area (Å²) in [5.41, 5.74) is 2.20. The molecule has 0 aliphatic carbocycles. The number of ether oxygens (including phenoxy) is 1. The van der Waals surface area contributed by atoms with Crippen LogP contribution in [-0.4, -0.2) is 47.3 Å². The van der Waals surface area contributed by atoms with E-state index in [0.29, 0.717) is 23.6 Å². The highest BCUT2D eigenvalue weighted by Crippen LogP contribution is 2.22. The van der Waals surface area contributed by atoms with Crippen molar-refractivity contribution < 1.29 is 14.1 Å². The fraction of sp³-hybridized carbons (Fsp3) is 0.588. The Balaban J connectivity index is 1.57. The molecule has 3 heterocycles. The highest BCUT2D eigenvalue weighted by Gasteiger charge is 2.22. The molecule has 0 radical (unpaired) electrons. The van der Waals surface area contributed by atoms with E-state index in [0.717, 1.165) is 43.5 Å². The van der Waals surface area contributed by atoms with Crippen LogP contribution in [0.5, 0.6) is 0 Å². The largest absolute Gasteiger partial charge is 0.379 e. The van der Waals surface area contributed by atoms with Gasteiger partial charge in [-0.15, -0.1) is 11.3 Å². The maximum Gasteiger partial charge on any atom is 0.257 e. The minimum absolute atomic E-state index is 0.113. The molecule has 25 heavy (non-hydrogen) atoms. The first kappa shape index (κ1) is 18.0. The smallest absolute Gasteiger partial charge is 0.257 e. The Bertz CT molecular complexity index is 719. The summed E-state index contributed by atoms with van der Waals surface area (Å²) in [6.45, 7) is 10.4. The number of carbonyl (C=O) groups excluding carboxylic acids is 1. The van der Waals surface area contributed by atoms with Crippen molar-refractivity contribution in [3.05, 3.63) is 33.1 Å². The summed E-state index contributed by atoms with van der Waals surface area (Å²) >= 11 is 1.57. The van der Waals surface area contributed by atoms with Crippen LogP contribution in [0.25, 0.3) is 0 Å². The Morgan fingerprint density at radius 1 is 1.40 bits per heavy atom. The monoisotopic (exact) mass is 364 g/mol. The predicted octanol–water partition coefficient (Wildman–Crippen LogP) is 2.33. The highest BCUT2D eigenvalue weighted by molar-refractivity contribution is 7.09. The first-order valence-electron chi connectivity index (χ1n) is 8.52. The number of hydrogen-bond donors (Lipinski definition) is 1. The second kappa shape index (κ2) is 8.07. The number of hydrogen-bond acceptors (Lipinski definition) is 7. The topological polar surface area (TPSA) is 80.5 Å². The van der Waals surface area contributed by atoms with Crippen LogP contribution in [0.2, 0.25) is 0 Å². The number of thiazole rings is 1. The van der Waals surface area contributed by atoms with Crippen LogP contribution >= 0.6 is 11.3 Å². The van der Waals surface area contributed by atoms with Crippen LogP contribution in [0.1, 0.15) is 52.3 Å². The molecular formula is C17H24N4O3S. The van der Waals surface area contributed by atoms with Crippen molar-refractivity contribution in [3.8, 4) is 0 Å². The molecule has 2 aromatic heterocycles. The molecule has 0 unspecified atom stereocenters. The number of nitrogens with one attached hydrogen (secondary N) is 1. The summed E-state index contributed by atoms with van der Waals surface area (Å²) in [4.78, 5) is 19.4. The lowest BCUT2D eigenvalue weighted by atomic mass is 10.0. The van der Waals surface area contributed by atoms with Crippen molar-refractivity contribution in [2.75, 3.05) is 26.3 Å². The Morgan fingerprint density at radius 3 is 2.88 bits per heavy atom. The normalized spacial score (nSPS) is 15.7. The Hall–Kier alpha value is -1.77. The van der Waals surface area contributed by atoms with Crippen molar-refractivity contribution in [1.29, 1.82) is 0 Å². The zero-order valence-corrected chi connectivity index (χ0v) is 15.7. The van der Waals surface area contributed by atoms with Gasteiger partial charge in [-0.1, -0.05) is 19.0 Å². The van der Waals surface area contributed by atoms with Gasteiger partial charge in [-0.3, -0.25) is 9.69 Å². The first-order chi connectivity index (χ1) is 12.0. The van der Waals surface area contributed by atoms with E-state index in [-0.39, 0.29) is 11.8 Å². The van der Waals surface area contributed by atoms with Crippen LogP contribution in [0, 0.1) is 6.92 Å². The van der Waals surface area contributed by atoms with Crippen LogP contribution < -0.4 is 5.32 Å². The van der Waals surface area contributed by atoms with Gasteiger partial charge in [-0.25, -0.2) is 4.98 Å². The van der Waals surface area contributed by atoms with Gasteiger partial charge in [0, 0.05) is 30.9 Å². The van der Waals surface area contributed by atoms with Crippen molar-refractivity contribution >= 4 is 17.2 Å². The Kier molecular flexibility index (Phi) is 5.82. The lowest BCUT2D eigenvalue weighted by Crippen LogP contribution is -2.35. The molecule has 0 bridgehead atoms. The van der Waals surface area contributed by atoms with E-state index in [9.17, 15) is 4.79 Å². The molecule has 3 rings (SSSR count). The lowest BCUT2D eigenvalue weighted by Gasteiger charge is -2.25. The van der Waals surface area contributed by atoms with E-state index < -0.39 is 0 Å².